The minimum absolute atomic E-state index is 0.0315. The summed E-state index contributed by atoms with van der Waals surface area (Å²) < 4.78 is 40.8. The van der Waals surface area contributed by atoms with Crippen LogP contribution in [0.15, 0.2) is 12.2 Å². The van der Waals surface area contributed by atoms with Crippen molar-refractivity contribution in [2.24, 2.45) is 0 Å². The van der Waals surface area contributed by atoms with Gasteiger partial charge in [0.25, 0.3) is 0 Å². The second-order valence-electron chi connectivity index (χ2n) is 4.94. The monoisotopic (exact) mass is 294 g/mol. The molecule has 0 aromatic rings. The third-order valence-corrected chi connectivity index (χ3v) is 3.07. The van der Waals surface area contributed by atoms with Crippen molar-refractivity contribution in [3.8, 4) is 0 Å². The second-order valence-corrected chi connectivity index (χ2v) is 4.94. The Labute approximate surface area is 119 Å². The Kier molecular flexibility index (Phi) is 10.2. The maximum Gasteiger partial charge on any atom is 0.422 e. The van der Waals surface area contributed by atoms with Crippen LogP contribution in [0.1, 0.15) is 64.7 Å². The third kappa shape index (κ3) is 9.87. The minimum atomic E-state index is -4.70. The van der Waals surface area contributed by atoms with E-state index in [0.29, 0.717) is 6.42 Å². The van der Waals surface area contributed by atoms with Gasteiger partial charge in [-0.05, 0) is 6.42 Å². The highest BCUT2D eigenvalue weighted by molar-refractivity contribution is 5.89. The van der Waals surface area contributed by atoms with Crippen LogP contribution >= 0.6 is 0 Å². The van der Waals surface area contributed by atoms with Crippen LogP contribution in [0.2, 0.25) is 0 Å². The first kappa shape index (κ1) is 19.0. The van der Waals surface area contributed by atoms with Gasteiger partial charge < -0.3 is 4.74 Å². The summed E-state index contributed by atoms with van der Waals surface area (Å²) in [6.07, 6.45) is 5.16. The first-order chi connectivity index (χ1) is 9.39. The molecule has 0 saturated heterocycles. The molecular formula is C15H25F3O2. The zero-order valence-electron chi connectivity index (χ0n) is 12.2. The quantitative estimate of drug-likeness (QED) is 0.298. The van der Waals surface area contributed by atoms with Crippen LogP contribution in [0.4, 0.5) is 13.2 Å². The van der Waals surface area contributed by atoms with Crippen LogP contribution in [0, 0.1) is 0 Å². The highest BCUT2D eigenvalue weighted by Crippen LogP contribution is 2.24. The van der Waals surface area contributed by atoms with E-state index in [0.717, 1.165) is 19.3 Å². The smallest absolute Gasteiger partial charge is 0.422 e. The summed E-state index contributed by atoms with van der Waals surface area (Å²) in [6, 6.07) is 0. The van der Waals surface area contributed by atoms with Crippen LogP contribution in [0.5, 0.6) is 0 Å². The lowest BCUT2D eigenvalue weighted by atomic mass is 10.1. The second kappa shape index (κ2) is 10.7. The molecule has 0 rings (SSSR count). The van der Waals surface area contributed by atoms with Gasteiger partial charge >= 0.3 is 12.1 Å². The standard InChI is InChI=1S/C15H25F3O2/c1-3-4-5-6-7-8-9-10-11-12-20-14(19)13(2)15(16,17)18/h2-12H2,1H3. The van der Waals surface area contributed by atoms with E-state index in [4.69, 9.17) is 0 Å². The lowest BCUT2D eigenvalue weighted by Gasteiger charge is -2.09. The zero-order chi connectivity index (χ0) is 15.4. The summed E-state index contributed by atoms with van der Waals surface area (Å²) in [4.78, 5) is 11.0. The molecule has 0 amide bonds. The molecule has 2 nitrogen and oxygen atoms in total. The van der Waals surface area contributed by atoms with Crippen molar-refractivity contribution in [3.63, 3.8) is 0 Å². The van der Waals surface area contributed by atoms with Crippen LogP contribution in [-0.4, -0.2) is 18.8 Å². The average molecular weight is 294 g/mol. The highest BCUT2D eigenvalue weighted by Gasteiger charge is 2.37. The molecular weight excluding hydrogens is 269 g/mol. The molecule has 118 valence electrons. The molecule has 0 radical (unpaired) electrons. The SMILES string of the molecule is C=C(C(=O)OCCCCCCCCCCC)C(F)(F)F. The molecule has 0 aliphatic carbocycles. The van der Waals surface area contributed by atoms with Crippen molar-refractivity contribution in [2.45, 2.75) is 70.9 Å². The summed E-state index contributed by atoms with van der Waals surface area (Å²) >= 11 is 0. The van der Waals surface area contributed by atoms with Gasteiger partial charge in [0, 0.05) is 0 Å². The van der Waals surface area contributed by atoms with Gasteiger partial charge in [-0.25, -0.2) is 4.79 Å². The Balaban J connectivity index is 3.40. The summed E-state index contributed by atoms with van der Waals surface area (Å²) in [5.41, 5.74) is -1.44. The molecule has 0 saturated carbocycles. The molecule has 0 spiro atoms. The van der Waals surface area contributed by atoms with Crippen molar-refractivity contribution < 1.29 is 22.7 Å². The lowest BCUT2D eigenvalue weighted by molar-refractivity contribution is -0.150. The molecule has 0 aromatic heterocycles. The molecule has 0 atom stereocenters. The summed E-state index contributed by atoms with van der Waals surface area (Å²) in [7, 11) is 0. The molecule has 0 fully saturated rings. The van der Waals surface area contributed by atoms with Crippen LogP contribution in [0.25, 0.3) is 0 Å². The van der Waals surface area contributed by atoms with Gasteiger partial charge in [0.05, 0.1) is 6.61 Å². The zero-order valence-corrected chi connectivity index (χ0v) is 12.2. The predicted molar refractivity (Wildman–Crippen MR) is 73.4 cm³/mol. The fourth-order valence-electron chi connectivity index (χ4n) is 1.78. The maximum absolute atomic E-state index is 12.1. The van der Waals surface area contributed by atoms with Gasteiger partial charge in [0.2, 0.25) is 0 Å². The topological polar surface area (TPSA) is 26.3 Å². The van der Waals surface area contributed by atoms with Crippen LogP contribution < -0.4 is 0 Å². The fraction of sp³-hybridized carbons (Fsp3) is 0.800. The largest absolute Gasteiger partial charge is 0.462 e. The molecule has 0 aromatic carbocycles. The van der Waals surface area contributed by atoms with Crippen molar-refractivity contribution >= 4 is 5.97 Å². The van der Waals surface area contributed by atoms with E-state index in [1.807, 2.05) is 0 Å². The Hall–Kier alpha value is -1.00. The molecule has 20 heavy (non-hydrogen) atoms. The van der Waals surface area contributed by atoms with Gasteiger partial charge in [-0.2, -0.15) is 13.2 Å². The number of unbranched alkanes of at least 4 members (excludes halogenated alkanes) is 8. The number of ether oxygens (including phenoxy) is 1. The van der Waals surface area contributed by atoms with E-state index < -0.39 is 17.7 Å². The number of halogens is 3. The van der Waals surface area contributed by atoms with Crippen LogP contribution in [0.3, 0.4) is 0 Å². The van der Waals surface area contributed by atoms with Crippen LogP contribution in [-0.2, 0) is 9.53 Å². The van der Waals surface area contributed by atoms with E-state index in [1.165, 1.54) is 32.1 Å². The first-order valence-electron chi connectivity index (χ1n) is 7.32. The summed E-state index contributed by atoms with van der Waals surface area (Å²) in [6.45, 7) is 4.90. The van der Waals surface area contributed by atoms with Gasteiger partial charge in [-0.3, -0.25) is 0 Å². The maximum atomic E-state index is 12.1. The molecule has 0 aliphatic heterocycles. The number of alkyl halides is 3. The van der Waals surface area contributed by atoms with E-state index >= 15 is 0 Å². The number of carbonyl (C=O) groups is 1. The lowest BCUT2D eigenvalue weighted by Crippen LogP contribution is -2.21. The molecule has 0 unspecified atom stereocenters. The van der Waals surface area contributed by atoms with Crippen molar-refractivity contribution in [2.75, 3.05) is 6.61 Å². The molecule has 0 N–H and O–H groups in total. The van der Waals surface area contributed by atoms with E-state index in [9.17, 15) is 18.0 Å². The molecule has 0 bridgehead atoms. The molecule has 0 aliphatic rings. The number of rotatable bonds is 11. The average Bonchev–Trinajstić information content (AvgIpc) is 2.38. The first-order valence-corrected chi connectivity index (χ1v) is 7.32. The van der Waals surface area contributed by atoms with Crippen molar-refractivity contribution in [1.82, 2.24) is 0 Å². The Bertz CT molecular complexity index is 285. The van der Waals surface area contributed by atoms with Gasteiger partial charge in [0.15, 0.2) is 0 Å². The van der Waals surface area contributed by atoms with Gasteiger partial charge in [-0.1, -0.05) is 64.9 Å². The molecule has 5 heteroatoms. The van der Waals surface area contributed by atoms with Crippen molar-refractivity contribution in [3.05, 3.63) is 12.2 Å². The third-order valence-electron chi connectivity index (χ3n) is 3.07. The summed E-state index contributed by atoms with van der Waals surface area (Å²) in [5.74, 6) is -1.36. The minimum Gasteiger partial charge on any atom is -0.462 e. The number of hydrogen-bond donors (Lipinski definition) is 0. The van der Waals surface area contributed by atoms with Gasteiger partial charge in [0.1, 0.15) is 5.57 Å². The van der Waals surface area contributed by atoms with Crippen molar-refractivity contribution in [1.29, 1.82) is 0 Å². The van der Waals surface area contributed by atoms with E-state index in [1.54, 1.807) is 0 Å². The number of carbonyl (C=O) groups excluding carboxylic acids is 1. The van der Waals surface area contributed by atoms with E-state index in [2.05, 4.69) is 18.2 Å². The molecule has 0 heterocycles. The fourth-order valence-corrected chi connectivity index (χ4v) is 1.78. The highest BCUT2D eigenvalue weighted by atomic mass is 19.4. The Morgan fingerprint density at radius 2 is 1.40 bits per heavy atom. The van der Waals surface area contributed by atoms with E-state index in [-0.39, 0.29) is 6.61 Å². The summed E-state index contributed by atoms with van der Waals surface area (Å²) in [5, 5.41) is 0. The predicted octanol–water partition coefficient (Wildman–Crippen LogP) is 5.18. The Morgan fingerprint density at radius 3 is 1.85 bits per heavy atom. The Morgan fingerprint density at radius 1 is 0.950 bits per heavy atom. The number of hydrogen-bond acceptors (Lipinski definition) is 2. The number of esters is 1. The normalized spacial score (nSPS) is 11.4. The van der Waals surface area contributed by atoms with Gasteiger partial charge in [-0.15, -0.1) is 0 Å².